The van der Waals surface area contributed by atoms with Crippen LogP contribution in [0.15, 0.2) is 124 Å². The zero-order valence-corrected chi connectivity index (χ0v) is 25.9. The Hall–Kier alpha value is -5.68. The minimum absolute atomic E-state index is 0.00803. The first-order chi connectivity index (χ1) is 23.2. The second-order valence-electron chi connectivity index (χ2n) is 12.2. The summed E-state index contributed by atoms with van der Waals surface area (Å²) in [5, 5.41) is 12.1. The number of imide groups is 1. The van der Waals surface area contributed by atoms with Gasteiger partial charge in [0.15, 0.2) is 0 Å². The summed E-state index contributed by atoms with van der Waals surface area (Å²) in [4.78, 5) is 57.5. The number of aromatic hydroxyl groups is 1. The number of phenols is 1. The number of carbonyl (C=O) groups is 2. The van der Waals surface area contributed by atoms with Crippen LogP contribution in [0.3, 0.4) is 0 Å². The van der Waals surface area contributed by atoms with Gasteiger partial charge in [0.2, 0.25) is 0 Å². The van der Waals surface area contributed by atoms with Gasteiger partial charge in [0.05, 0.1) is 35.3 Å². The van der Waals surface area contributed by atoms with Crippen LogP contribution in [0.25, 0.3) is 5.69 Å². The smallest absolute Gasteiger partial charge is 0.352 e. The van der Waals surface area contributed by atoms with Crippen molar-refractivity contribution in [3.05, 3.63) is 158 Å². The fourth-order valence-corrected chi connectivity index (χ4v) is 7.92. The second kappa shape index (κ2) is 11.0. The summed E-state index contributed by atoms with van der Waals surface area (Å²) in [6, 6.07) is 26.3. The number of phenolic OH excluding ortho intramolecular Hbond substituents is 1. The number of nitrogens with zero attached hydrogens (tertiary/aromatic N) is 4. The fourth-order valence-electron chi connectivity index (χ4n) is 7.79. The summed E-state index contributed by atoms with van der Waals surface area (Å²) >= 11 is 6.31. The van der Waals surface area contributed by atoms with E-state index >= 15 is 4.79 Å². The number of hydrazine groups is 1. The number of para-hydroxylation sites is 1. The summed E-state index contributed by atoms with van der Waals surface area (Å²) in [5.74, 6) is -3.54. The molecule has 0 radical (unpaired) electrons. The van der Waals surface area contributed by atoms with Gasteiger partial charge < -0.3 is 5.11 Å². The van der Waals surface area contributed by atoms with Gasteiger partial charge in [0, 0.05) is 10.9 Å². The first kappa shape index (κ1) is 29.7. The van der Waals surface area contributed by atoms with E-state index in [0.717, 1.165) is 9.58 Å². The maximum absolute atomic E-state index is 15.0. The van der Waals surface area contributed by atoms with Crippen molar-refractivity contribution in [1.82, 2.24) is 18.9 Å². The summed E-state index contributed by atoms with van der Waals surface area (Å²) in [6.45, 7) is 0.0378. The van der Waals surface area contributed by atoms with Crippen LogP contribution in [0.2, 0.25) is 5.02 Å². The predicted octanol–water partition coefficient (Wildman–Crippen LogP) is 4.92. The molecular weight excluding hydrogens is 637 g/mol. The zero-order valence-electron chi connectivity index (χ0n) is 25.2. The Balaban J connectivity index is 1.38. The molecule has 4 atom stereocenters. The Morgan fingerprint density at radius 3 is 2.29 bits per heavy atom. The van der Waals surface area contributed by atoms with E-state index in [9.17, 15) is 23.9 Å². The summed E-state index contributed by atoms with van der Waals surface area (Å²) in [7, 11) is 0. The van der Waals surface area contributed by atoms with E-state index in [1.165, 1.54) is 39.7 Å². The number of rotatable bonds is 5. The number of fused-ring (bicyclic) bond motifs is 4. The number of hydrogen-bond acceptors (Lipinski definition) is 6. The molecule has 8 rings (SSSR count). The highest BCUT2D eigenvalue weighted by Gasteiger charge is 2.68. The normalized spacial score (nSPS) is 22.9. The average Bonchev–Trinajstić information content (AvgIpc) is 3.47. The molecular formula is C36H27ClFN5O5. The molecule has 2 amide bonds. The number of benzene rings is 4. The lowest BCUT2D eigenvalue weighted by molar-refractivity contribution is -0.138. The van der Waals surface area contributed by atoms with Gasteiger partial charge in [-0.25, -0.2) is 27.9 Å². The molecule has 10 nitrogen and oxygen atoms in total. The lowest BCUT2D eigenvalue weighted by Crippen LogP contribution is -2.53. The highest BCUT2D eigenvalue weighted by atomic mass is 35.5. The molecule has 3 heterocycles. The maximum atomic E-state index is 15.0. The van der Waals surface area contributed by atoms with Gasteiger partial charge in [0.25, 0.3) is 11.8 Å². The number of carbonyl (C=O) groups excluding carboxylic acids is 2. The minimum atomic E-state index is -1.56. The molecule has 3 aliphatic rings. The molecule has 48 heavy (non-hydrogen) atoms. The Morgan fingerprint density at radius 2 is 1.58 bits per heavy atom. The molecule has 0 unspecified atom stereocenters. The van der Waals surface area contributed by atoms with E-state index in [0.29, 0.717) is 33.1 Å². The van der Waals surface area contributed by atoms with Crippen molar-refractivity contribution in [2.24, 2.45) is 5.92 Å². The van der Waals surface area contributed by atoms with Gasteiger partial charge in [-0.2, -0.15) is 5.01 Å². The van der Waals surface area contributed by atoms with Crippen LogP contribution in [0.1, 0.15) is 29.5 Å². The largest absolute Gasteiger partial charge is 0.508 e. The number of aromatic nitrogens is 3. The van der Waals surface area contributed by atoms with Crippen molar-refractivity contribution in [1.29, 1.82) is 0 Å². The van der Waals surface area contributed by atoms with Crippen LogP contribution in [-0.2, 0) is 21.5 Å². The quantitative estimate of drug-likeness (QED) is 0.204. The third-order valence-corrected chi connectivity index (χ3v) is 9.99. The number of hydrogen-bond donors (Lipinski definition) is 2. The summed E-state index contributed by atoms with van der Waals surface area (Å²) in [5.41, 5.74) is 2.68. The third-order valence-electron chi connectivity index (χ3n) is 9.74. The van der Waals surface area contributed by atoms with Crippen LogP contribution < -0.4 is 16.8 Å². The third kappa shape index (κ3) is 4.24. The summed E-state index contributed by atoms with van der Waals surface area (Å²) < 4.78 is 17.6. The number of amides is 2. The molecule has 5 aromatic rings. The highest BCUT2D eigenvalue weighted by Crippen LogP contribution is 2.62. The Morgan fingerprint density at radius 1 is 0.854 bits per heavy atom. The molecule has 240 valence electrons. The topological polar surface area (TPSA) is 119 Å². The molecule has 2 fully saturated rings. The first-order valence-electron chi connectivity index (χ1n) is 15.4. The van der Waals surface area contributed by atoms with Crippen LogP contribution >= 0.6 is 11.6 Å². The molecule has 1 aromatic heterocycles. The Bertz CT molecular complexity index is 2260. The van der Waals surface area contributed by atoms with Crippen LogP contribution in [0, 0.1) is 11.7 Å². The van der Waals surface area contributed by atoms with Crippen molar-refractivity contribution in [2.75, 3.05) is 5.43 Å². The maximum Gasteiger partial charge on any atom is 0.352 e. The van der Waals surface area contributed by atoms with Crippen molar-refractivity contribution >= 4 is 29.1 Å². The van der Waals surface area contributed by atoms with Gasteiger partial charge in [-0.3, -0.25) is 15.0 Å². The highest BCUT2D eigenvalue weighted by molar-refractivity contribution is 6.30. The minimum Gasteiger partial charge on any atom is -0.508 e. The molecule has 2 N–H and O–H groups in total. The predicted molar refractivity (Wildman–Crippen MR) is 175 cm³/mol. The zero-order chi connectivity index (χ0) is 33.3. The van der Waals surface area contributed by atoms with Crippen molar-refractivity contribution in [2.45, 2.75) is 30.3 Å². The average molecular weight is 664 g/mol. The molecule has 2 aliphatic heterocycles. The van der Waals surface area contributed by atoms with E-state index in [2.05, 4.69) is 5.43 Å². The van der Waals surface area contributed by atoms with Gasteiger partial charge in [-0.1, -0.05) is 60.1 Å². The Labute approximate surface area is 277 Å². The summed E-state index contributed by atoms with van der Waals surface area (Å²) in [6.07, 6.45) is 1.85. The van der Waals surface area contributed by atoms with E-state index in [1.54, 1.807) is 72.8 Å². The van der Waals surface area contributed by atoms with Crippen LogP contribution in [0.5, 0.6) is 5.75 Å². The lowest BCUT2D eigenvalue weighted by atomic mass is 9.53. The number of allylic oxidation sites excluding steroid dienone is 2. The number of anilines is 1. The van der Waals surface area contributed by atoms with E-state index in [4.69, 9.17) is 11.6 Å². The van der Waals surface area contributed by atoms with Crippen LogP contribution in [0.4, 0.5) is 10.1 Å². The molecule has 0 spiro atoms. The molecule has 4 aromatic carbocycles. The van der Waals surface area contributed by atoms with Gasteiger partial charge in [0.1, 0.15) is 11.6 Å². The SMILES string of the molecule is O=C1[C@@H]2C[C@@H]3C(=CCn4c(=O)n(-c5ccccc5)c(=O)n43)[C@H](c3cccc(O)c3)[C@]2(c2ccc(Cl)cc2)C(=O)N1Nc1ccc(F)cc1. The van der Waals surface area contributed by atoms with Gasteiger partial charge >= 0.3 is 11.4 Å². The standard InChI is InChI=1S/C36H27ClFN5O5/c37-23-11-9-22(10-12-23)36-29(32(45)42(33(36)46)39-25-15-13-24(38)14-16-25)20-30-28(31(36)21-5-4-8-27(44)19-21)17-18-40-34(47)41(35(48)43(30)40)26-6-2-1-3-7-26/h1-17,19,29-31,39,44H,18,20H2/t29-,30+,31-,36+/m0/s1. The van der Waals surface area contributed by atoms with Crippen molar-refractivity contribution in [3.63, 3.8) is 0 Å². The molecule has 12 heteroatoms. The second-order valence-corrected chi connectivity index (χ2v) is 12.6. The van der Waals surface area contributed by atoms with Crippen molar-refractivity contribution < 1.29 is 19.1 Å². The van der Waals surface area contributed by atoms with Crippen LogP contribution in [-0.4, -0.2) is 35.9 Å². The first-order valence-corrected chi connectivity index (χ1v) is 15.7. The number of nitrogens with one attached hydrogen (secondary N) is 1. The van der Waals surface area contributed by atoms with Crippen molar-refractivity contribution in [3.8, 4) is 11.4 Å². The lowest BCUT2D eigenvalue weighted by Gasteiger charge is -2.49. The molecule has 1 saturated heterocycles. The monoisotopic (exact) mass is 663 g/mol. The molecule has 1 aliphatic carbocycles. The van der Waals surface area contributed by atoms with E-state index in [-0.39, 0.29) is 18.7 Å². The Kier molecular flexibility index (Phi) is 6.78. The number of halogens is 2. The van der Waals surface area contributed by atoms with Gasteiger partial charge in [-0.15, -0.1) is 0 Å². The van der Waals surface area contributed by atoms with E-state index in [1.807, 2.05) is 6.08 Å². The molecule has 0 bridgehead atoms. The van der Waals surface area contributed by atoms with E-state index < -0.39 is 52.3 Å². The van der Waals surface area contributed by atoms with Gasteiger partial charge in [-0.05, 0) is 83.8 Å². The molecule has 1 saturated carbocycles. The fraction of sp³-hybridized carbons (Fsp3) is 0.167.